The number of nitrogens with one attached hydrogen (secondary N) is 1. The Morgan fingerprint density at radius 1 is 1.03 bits per heavy atom. The monoisotopic (exact) mass is 522 g/mol. The van der Waals surface area contributed by atoms with Crippen LogP contribution in [0.3, 0.4) is 0 Å². The second-order valence-electron chi connectivity index (χ2n) is 10.4. The number of nitrogens with zero attached hydrogens (tertiary/aromatic N) is 3. The summed E-state index contributed by atoms with van der Waals surface area (Å²) in [5.74, 6) is -0.0350. The van der Waals surface area contributed by atoms with E-state index in [1.807, 2.05) is 61.5 Å². The van der Waals surface area contributed by atoms with E-state index in [0.29, 0.717) is 29.5 Å². The topological polar surface area (TPSA) is 67.2 Å². The van der Waals surface area contributed by atoms with Crippen LogP contribution in [0.15, 0.2) is 60.7 Å². The van der Waals surface area contributed by atoms with Gasteiger partial charge in [0.05, 0.1) is 28.9 Å². The molecule has 37 heavy (non-hydrogen) atoms. The van der Waals surface area contributed by atoms with Gasteiger partial charge >= 0.3 is 0 Å². The quantitative estimate of drug-likeness (QED) is 0.276. The van der Waals surface area contributed by atoms with Crippen LogP contribution in [0, 0.1) is 0 Å². The van der Waals surface area contributed by atoms with E-state index in [1.165, 1.54) is 0 Å². The summed E-state index contributed by atoms with van der Waals surface area (Å²) in [6.07, 6.45) is 3.56. The van der Waals surface area contributed by atoms with Gasteiger partial charge in [-0.3, -0.25) is 9.59 Å². The smallest absolute Gasteiger partial charge is 0.245 e. The molecule has 0 spiro atoms. The Morgan fingerprint density at radius 2 is 1.70 bits per heavy atom. The van der Waals surface area contributed by atoms with Crippen LogP contribution < -0.4 is 5.32 Å². The fourth-order valence-electron chi connectivity index (χ4n) is 4.28. The van der Waals surface area contributed by atoms with Crippen molar-refractivity contribution >= 4 is 29.2 Å². The molecule has 1 aromatic heterocycles. The van der Waals surface area contributed by atoms with Crippen molar-refractivity contribution in [2.45, 2.75) is 71.6 Å². The molecule has 0 saturated carbocycles. The molecule has 2 aromatic carbocycles. The summed E-state index contributed by atoms with van der Waals surface area (Å²) in [4.78, 5) is 28.7. The van der Waals surface area contributed by atoms with Crippen molar-refractivity contribution in [2.75, 3.05) is 18.4 Å². The lowest BCUT2D eigenvalue weighted by Crippen LogP contribution is -2.41. The van der Waals surface area contributed by atoms with E-state index < -0.39 is 0 Å². The third-order valence-corrected chi connectivity index (χ3v) is 6.73. The van der Waals surface area contributed by atoms with Gasteiger partial charge in [-0.15, -0.1) is 0 Å². The molecule has 2 amide bonds. The fourth-order valence-corrected chi connectivity index (χ4v) is 4.49. The number of carbonyl (C=O) groups is 2. The lowest BCUT2D eigenvalue weighted by molar-refractivity contribution is -0.136. The van der Waals surface area contributed by atoms with E-state index >= 15 is 0 Å². The average Bonchev–Trinajstić information content (AvgIpc) is 3.29. The summed E-state index contributed by atoms with van der Waals surface area (Å²) in [6, 6.07) is 19.1. The predicted molar refractivity (Wildman–Crippen MR) is 151 cm³/mol. The fraction of sp³-hybridized carbons (Fsp3) is 0.433. The molecule has 1 unspecified atom stereocenters. The van der Waals surface area contributed by atoms with Crippen LogP contribution in [0.1, 0.15) is 77.5 Å². The Labute approximate surface area is 226 Å². The lowest BCUT2D eigenvalue weighted by Gasteiger charge is -2.27. The van der Waals surface area contributed by atoms with Crippen molar-refractivity contribution in [1.82, 2.24) is 14.7 Å². The van der Waals surface area contributed by atoms with Gasteiger partial charge in [-0.05, 0) is 30.5 Å². The predicted octanol–water partition coefficient (Wildman–Crippen LogP) is 6.97. The molecule has 198 valence electrons. The van der Waals surface area contributed by atoms with E-state index in [1.54, 1.807) is 15.6 Å². The van der Waals surface area contributed by atoms with Gasteiger partial charge in [0, 0.05) is 18.0 Å². The number of hydrogen-bond donors (Lipinski definition) is 1. The van der Waals surface area contributed by atoms with Gasteiger partial charge in [0.1, 0.15) is 5.82 Å². The number of unbranched alkanes of at least 4 members (excludes halogenated alkanes) is 2. The molecular formula is C30H39ClN4O2. The Morgan fingerprint density at radius 3 is 2.32 bits per heavy atom. The van der Waals surface area contributed by atoms with Crippen LogP contribution in [-0.2, 0) is 15.0 Å². The van der Waals surface area contributed by atoms with Crippen molar-refractivity contribution in [3.8, 4) is 5.69 Å². The maximum Gasteiger partial charge on any atom is 0.245 e. The summed E-state index contributed by atoms with van der Waals surface area (Å²) in [7, 11) is 0. The number of carbonyl (C=O) groups excluding carboxylic acids is 2. The summed E-state index contributed by atoms with van der Waals surface area (Å²) < 4.78 is 1.67. The number of anilines is 1. The first kappa shape index (κ1) is 28.5. The number of rotatable bonds is 11. The number of aromatic nitrogens is 2. The number of benzene rings is 2. The molecule has 1 atom stereocenters. The van der Waals surface area contributed by atoms with Gasteiger partial charge in [0.2, 0.25) is 11.8 Å². The molecule has 1 N–H and O–H groups in total. The van der Waals surface area contributed by atoms with Crippen LogP contribution in [0.5, 0.6) is 0 Å². The van der Waals surface area contributed by atoms with E-state index in [4.69, 9.17) is 16.7 Å². The summed E-state index contributed by atoms with van der Waals surface area (Å²) >= 11 is 6.47. The minimum Gasteiger partial charge on any atom is -0.333 e. The highest BCUT2D eigenvalue weighted by Gasteiger charge is 2.27. The first-order chi connectivity index (χ1) is 17.7. The van der Waals surface area contributed by atoms with Gasteiger partial charge in [-0.2, -0.15) is 5.10 Å². The molecule has 1 heterocycles. The molecular weight excluding hydrogens is 484 g/mol. The first-order valence-electron chi connectivity index (χ1n) is 13.1. The summed E-state index contributed by atoms with van der Waals surface area (Å²) in [5, 5.41) is 8.30. The Balaban J connectivity index is 1.87. The van der Waals surface area contributed by atoms with Crippen LogP contribution in [-0.4, -0.2) is 39.6 Å². The summed E-state index contributed by atoms with van der Waals surface area (Å²) in [5.41, 5.74) is 2.26. The van der Waals surface area contributed by atoms with Crippen molar-refractivity contribution in [3.63, 3.8) is 0 Å². The SMILES string of the molecule is CCCCCN(CC(=O)Nc1cc(C(C)(C)C)nn1-c1ccccc1Cl)C(=O)C(CC)c1ccccc1. The van der Waals surface area contributed by atoms with Crippen LogP contribution in [0.4, 0.5) is 5.82 Å². The highest BCUT2D eigenvalue weighted by Crippen LogP contribution is 2.29. The number of halogens is 1. The van der Waals surface area contributed by atoms with Crippen molar-refractivity contribution in [2.24, 2.45) is 0 Å². The van der Waals surface area contributed by atoms with Crippen molar-refractivity contribution in [3.05, 3.63) is 76.9 Å². The van der Waals surface area contributed by atoms with E-state index in [2.05, 4.69) is 33.0 Å². The maximum atomic E-state index is 13.6. The van der Waals surface area contributed by atoms with Crippen LogP contribution in [0.2, 0.25) is 5.02 Å². The summed E-state index contributed by atoms with van der Waals surface area (Å²) in [6.45, 7) is 10.9. The lowest BCUT2D eigenvalue weighted by atomic mass is 9.92. The zero-order valence-corrected chi connectivity index (χ0v) is 23.4. The van der Waals surface area contributed by atoms with Gasteiger partial charge in [-0.25, -0.2) is 4.68 Å². The van der Waals surface area contributed by atoms with E-state index in [-0.39, 0.29) is 29.7 Å². The zero-order chi connectivity index (χ0) is 27.0. The number of hydrogen-bond acceptors (Lipinski definition) is 3. The van der Waals surface area contributed by atoms with Gasteiger partial charge < -0.3 is 10.2 Å². The van der Waals surface area contributed by atoms with E-state index in [9.17, 15) is 9.59 Å². The third-order valence-electron chi connectivity index (χ3n) is 6.41. The first-order valence-corrected chi connectivity index (χ1v) is 13.5. The number of amides is 2. The zero-order valence-electron chi connectivity index (χ0n) is 22.6. The molecule has 0 aliphatic rings. The second kappa shape index (κ2) is 12.9. The molecule has 0 fully saturated rings. The molecule has 0 bridgehead atoms. The average molecular weight is 523 g/mol. The number of para-hydroxylation sites is 1. The maximum absolute atomic E-state index is 13.6. The normalized spacial score (nSPS) is 12.3. The Kier molecular flexibility index (Phi) is 9.93. The highest BCUT2D eigenvalue weighted by molar-refractivity contribution is 6.32. The van der Waals surface area contributed by atoms with Crippen molar-refractivity contribution in [1.29, 1.82) is 0 Å². The molecule has 3 rings (SSSR count). The second-order valence-corrected chi connectivity index (χ2v) is 10.8. The minimum absolute atomic E-state index is 0.0186. The Hall–Kier alpha value is -3.12. The van der Waals surface area contributed by atoms with Crippen LogP contribution in [0.25, 0.3) is 5.69 Å². The Bertz CT molecular complexity index is 1180. The molecule has 7 heteroatoms. The van der Waals surface area contributed by atoms with Crippen LogP contribution >= 0.6 is 11.6 Å². The molecule has 3 aromatic rings. The largest absolute Gasteiger partial charge is 0.333 e. The molecule has 0 aliphatic carbocycles. The highest BCUT2D eigenvalue weighted by atomic mass is 35.5. The standard InChI is InChI=1S/C30H39ClN4O2/c1-6-8-14-19-34(29(37)23(7-2)22-15-10-9-11-16-22)21-28(36)32-27-20-26(30(3,4)5)33-35(27)25-18-13-12-17-24(25)31/h9-13,15-18,20,23H,6-8,14,19,21H2,1-5H3,(H,32,36). The van der Waals surface area contributed by atoms with Gasteiger partial charge in [0.15, 0.2) is 0 Å². The molecule has 6 nitrogen and oxygen atoms in total. The van der Waals surface area contributed by atoms with Gasteiger partial charge in [-0.1, -0.05) is 102 Å². The van der Waals surface area contributed by atoms with Gasteiger partial charge in [0.25, 0.3) is 0 Å². The van der Waals surface area contributed by atoms with Crippen molar-refractivity contribution < 1.29 is 9.59 Å². The minimum atomic E-state index is -0.281. The molecule has 0 radical (unpaired) electrons. The van der Waals surface area contributed by atoms with E-state index in [0.717, 1.165) is 30.5 Å². The molecule has 0 saturated heterocycles. The molecule has 0 aliphatic heterocycles. The third kappa shape index (κ3) is 7.45.